The van der Waals surface area contributed by atoms with E-state index in [2.05, 4.69) is 4.90 Å². The van der Waals surface area contributed by atoms with Gasteiger partial charge in [-0.15, -0.1) is 0 Å². The number of rotatable bonds is 6. The monoisotopic (exact) mass is 421 g/mol. The average molecular weight is 421 g/mol. The molecule has 1 fully saturated rings. The number of furan rings is 1. The number of benzene rings is 2. The van der Waals surface area contributed by atoms with Crippen molar-refractivity contribution in [3.63, 3.8) is 0 Å². The standard InChI is InChI=1S/C25H27NO5/c1-4-29-25(27)23-22-18-13-26(12-16-6-7-16)14-30-20(18)9-10-21(22)31-24(23)17-11-15(2)5-8-19(17)28-3/h5,8-11,16H,4,6-7,12-14H2,1-3H3. The largest absolute Gasteiger partial charge is 0.496 e. The Morgan fingerprint density at radius 3 is 2.81 bits per heavy atom. The van der Waals surface area contributed by atoms with Gasteiger partial charge < -0.3 is 18.6 Å². The lowest BCUT2D eigenvalue weighted by molar-refractivity contribution is 0.0528. The molecule has 31 heavy (non-hydrogen) atoms. The van der Waals surface area contributed by atoms with Crippen LogP contribution >= 0.6 is 0 Å². The average Bonchev–Trinajstić information content (AvgIpc) is 3.49. The Hall–Kier alpha value is -2.99. The number of ether oxygens (including phenoxy) is 3. The summed E-state index contributed by atoms with van der Waals surface area (Å²) < 4.78 is 23.4. The van der Waals surface area contributed by atoms with Crippen molar-refractivity contribution in [1.29, 1.82) is 0 Å². The van der Waals surface area contributed by atoms with E-state index in [9.17, 15) is 4.79 Å². The first kappa shape index (κ1) is 19.9. The number of hydrogen-bond donors (Lipinski definition) is 0. The van der Waals surface area contributed by atoms with Gasteiger partial charge in [0.15, 0.2) is 5.76 Å². The van der Waals surface area contributed by atoms with Gasteiger partial charge in [0.1, 0.15) is 29.4 Å². The van der Waals surface area contributed by atoms with Gasteiger partial charge in [-0.2, -0.15) is 0 Å². The molecule has 5 rings (SSSR count). The highest BCUT2D eigenvalue weighted by atomic mass is 16.5. The Labute approximate surface area is 181 Å². The number of carbonyl (C=O) groups excluding carboxylic acids is 1. The van der Waals surface area contributed by atoms with Crippen molar-refractivity contribution in [2.45, 2.75) is 33.2 Å². The summed E-state index contributed by atoms with van der Waals surface area (Å²) >= 11 is 0. The first-order chi connectivity index (χ1) is 15.1. The highest BCUT2D eigenvalue weighted by Crippen LogP contribution is 2.44. The van der Waals surface area contributed by atoms with Gasteiger partial charge in [0.05, 0.1) is 19.3 Å². The summed E-state index contributed by atoms with van der Waals surface area (Å²) in [6.07, 6.45) is 2.56. The van der Waals surface area contributed by atoms with Gasteiger partial charge >= 0.3 is 5.97 Å². The predicted octanol–water partition coefficient (Wildman–Crippen LogP) is 5.16. The summed E-state index contributed by atoms with van der Waals surface area (Å²) in [5.41, 5.74) is 3.86. The van der Waals surface area contributed by atoms with Crippen LogP contribution in [-0.2, 0) is 11.3 Å². The molecule has 162 valence electrons. The number of esters is 1. The second kappa shape index (κ2) is 7.93. The molecule has 3 aromatic rings. The third kappa shape index (κ3) is 3.65. The number of aryl methyl sites for hydroxylation is 1. The normalized spacial score (nSPS) is 16.1. The molecule has 0 spiro atoms. The topological polar surface area (TPSA) is 61.1 Å². The summed E-state index contributed by atoms with van der Waals surface area (Å²) in [5.74, 6) is 2.28. The van der Waals surface area contributed by atoms with Gasteiger partial charge in [0.25, 0.3) is 0 Å². The molecule has 2 aromatic carbocycles. The third-order valence-corrected chi connectivity index (χ3v) is 6.00. The Balaban J connectivity index is 1.71. The minimum absolute atomic E-state index is 0.287. The quantitative estimate of drug-likeness (QED) is 0.513. The van der Waals surface area contributed by atoms with Crippen LogP contribution in [0.25, 0.3) is 22.3 Å². The van der Waals surface area contributed by atoms with Crippen molar-refractivity contribution in [2.24, 2.45) is 5.92 Å². The lowest BCUT2D eigenvalue weighted by Crippen LogP contribution is -2.33. The molecule has 0 radical (unpaired) electrons. The maximum absolute atomic E-state index is 13.2. The van der Waals surface area contributed by atoms with Crippen LogP contribution < -0.4 is 9.47 Å². The van der Waals surface area contributed by atoms with Crippen LogP contribution in [-0.4, -0.2) is 37.9 Å². The molecule has 0 atom stereocenters. The highest BCUT2D eigenvalue weighted by Gasteiger charge is 2.32. The minimum atomic E-state index is -0.396. The van der Waals surface area contributed by atoms with Gasteiger partial charge in [-0.05, 0) is 56.9 Å². The molecule has 0 N–H and O–H groups in total. The first-order valence-electron chi connectivity index (χ1n) is 10.8. The molecule has 6 nitrogen and oxygen atoms in total. The smallest absolute Gasteiger partial charge is 0.342 e. The second-order valence-corrected chi connectivity index (χ2v) is 8.37. The lowest BCUT2D eigenvalue weighted by atomic mass is 9.99. The summed E-state index contributed by atoms with van der Waals surface area (Å²) in [7, 11) is 1.62. The molecule has 0 bridgehead atoms. The van der Waals surface area contributed by atoms with E-state index in [1.807, 2.05) is 44.2 Å². The fourth-order valence-electron chi connectivity index (χ4n) is 4.33. The zero-order valence-electron chi connectivity index (χ0n) is 18.2. The molecule has 1 aromatic heterocycles. The van der Waals surface area contributed by atoms with E-state index in [0.29, 0.717) is 29.4 Å². The summed E-state index contributed by atoms with van der Waals surface area (Å²) in [6.45, 7) is 6.40. The number of fused-ring (bicyclic) bond motifs is 3. The van der Waals surface area contributed by atoms with Crippen LogP contribution in [0.2, 0.25) is 0 Å². The molecule has 2 heterocycles. The maximum atomic E-state index is 13.2. The first-order valence-corrected chi connectivity index (χ1v) is 10.8. The van der Waals surface area contributed by atoms with Crippen LogP contribution in [0.5, 0.6) is 11.5 Å². The van der Waals surface area contributed by atoms with E-state index in [-0.39, 0.29) is 6.61 Å². The number of methoxy groups -OCH3 is 1. The van der Waals surface area contributed by atoms with E-state index in [0.717, 1.165) is 46.8 Å². The maximum Gasteiger partial charge on any atom is 0.342 e. The number of nitrogens with zero attached hydrogens (tertiary/aromatic N) is 1. The van der Waals surface area contributed by atoms with E-state index in [1.165, 1.54) is 12.8 Å². The van der Waals surface area contributed by atoms with E-state index < -0.39 is 5.97 Å². The van der Waals surface area contributed by atoms with Gasteiger partial charge in [-0.25, -0.2) is 4.79 Å². The molecule has 2 aliphatic rings. The molecule has 1 aliphatic heterocycles. The van der Waals surface area contributed by atoms with Crippen molar-refractivity contribution < 1.29 is 23.4 Å². The van der Waals surface area contributed by atoms with Crippen molar-refractivity contribution in [1.82, 2.24) is 4.90 Å². The summed E-state index contributed by atoms with van der Waals surface area (Å²) in [6, 6.07) is 9.64. The van der Waals surface area contributed by atoms with Crippen LogP contribution in [0.3, 0.4) is 0 Å². The molecule has 0 saturated heterocycles. The molecule has 1 saturated carbocycles. The summed E-state index contributed by atoms with van der Waals surface area (Å²) in [4.78, 5) is 15.5. The van der Waals surface area contributed by atoms with Gasteiger partial charge in [-0.1, -0.05) is 11.6 Å². The molecular formula is C25H27NO5. The lowest BCUT2D eigenvalue weighted by Gasteiger charge is -2.29. The van der Waals surface area contributed by atoms with Gasteiger partial charge in [0.2, 0.25) is 0 Å². The van der Waals surface area contributed by atoms with Crippen molar-refractivity contribution in [3.05, 3.63) is 47.0 Å². The zero-order chi connectivity index (χ0) is 21.5. The molecule has 6 heteroatoms. The Bertz CT molecular complexity index is 1140. The van der Waals surface area contributed by atoms with Crippen LogP contribution in [0.4, 0.5) is 0 Å². The fourth-order valence-corrected chi connectivity index (χ4v) is 4.33. The Kier molecular flexibility index (Phi) is 5.10. The van der Waals surface area contributed by atoms with Crippen LogP contribution in [0.15, 0.2) is 34.7 Å². The molecule has 1 aliphatic carbocycles. The van der Waals surface area contributed by atoms with E-state index >= 15 is 0 Å². The van der Waals surface area contributed by atoms with Crippen LogP contribution in [0.1, 0.15) is 41.3 Å². The Morgan fingerprint density at radius 2 is 2.06 bits per heavy atom. The molecule has 0 unspecified atom stereocenters. The second-order valence-electron chi connectivity index (χ2n) is 8.37. The van der Waals surface area contributed by atoms with E-state index in [4.69, 9.17) is 18.6 Å². The molecule has 0 amide bonds. The SMILES string of the molecule is CCOC(=O)c1c(-c2cc(C)ccc2OC)oc2ccc3c(c12)CN(CC1CC1)CO3. The number of hydrogen-bond acceptors (Lipinski definition) is 6. The van der Waals surface area contributed by atoms with E-state index in [1.54, 1.807) is 7.11 Å². The highest BCUT2D eigenvalue weighted by molar-refractivity contribution is 6.11. The van der Waals surface area contributed by atoms with Crippen molar-refractivity contribution in [3.8, 4) is 22.8 Å². The van der Waals surface area contributed by atoms with Crippen LogP contribution in [0, 0.1) is 12.8 Å². The summed E-state index contributed by atoms with van der Waals surface area (Å²) in [5, 5.41) is 0.773. The predicted molar refractivity (Wildman–Crippen MR) is 118 cm³/mol. The third-order valence-electron chi connectivity index (χ3n) is 6.00. The van der Waals surface area contributed by atoms with Gasteiger partial charge in [-0.3, -0.25) is 4.90 Å². The number of carbonyl (C=O) groups is 1. The van der Waals surface area contributed by atoms with Gasteiger partial charge in [0, 0.05) is 24.0 Å². The molecular weight excluding hydrogens is 394 g/mol. The van der Waals surface area contributed by atoms with Crippen molar-refractivity contribution in [2.75, 3.05) is 27.0 Å². The Morgan fingerprint density at radius 1 is 1.23 bits per heavy atom. The fraction of sp³-hybridized carbons (Fsp3) is 0.400. The zero-order valence-corrected chi connectivity index (χ0v) is 18.2. The van der Waals surface area contributed by atoms with Crippen molar-refractivity contribution >= 4 is 16.9 Å². The minimum Gasteiger partial charge on any atom is -0.496 e.